The molecule has 1 aromatic rings. The molecule has 1 heterocycles. The fraction of sp³-hybridized carbons (Fsp3) is 0.765. The summed E-state index contributed by atoms with van der Waals surface area (Å²) in [4.78, 5) is 8.57. The molecular weight excluding hydrogens is 415 g/mol. The minimum atomic E-state index is -3.34. The summed E-state index contributed by atoms with van der Waals surface area (Å²) in [5.41, 5.74) is 0. The van der Waals surface area contributed by atoms with E-state index in [1.165, 1.54) is 58.1 Å². The van der Waals surface area contributed by atoms with Gasteiger partial charge in [0.1, 0.15) is 0 Å². The Morgan fingerprint density at radius 3 is 1.83 bits per heavy atom. The van der Waals surface area contributed by atoms with E-state index in [2.05, 4.69) is 30.7 Å². The zero-order valence-corrected chi connectivity index (χ0v) is 18.8. The zero-order valence-electron chi connectivity index (χ0n) is 15.1. The standard InChI is InChI=1S/C5H5N2O2S.3C4H9.Sn/c1-10(8,9)5-6-3-2-4-7-5;3*1-3-4-2;/h2-3H,1H3;3*1,3-4H2,2H3;. The fourth-order valence-electron chi connectivity index (χ4n) is 3.12. The van der Waals surface area contributed by atoms with E-state index in [9.17, 15) is 8.42 Å². The van der Waals surface area contributed by atoms with E-state index in [0.717, 1.165) is 3.71 Å². The molecule has 0 aliphatic rings. The van der Waals surface area contributed by atoms with Crippen LogP contribution in [0.5, 0.6) is 0 Å². The molecule has 0 amide bonds. The van der Waals surface area contributed by atoms with Gasteiger partial charge in [-0.3, -0.25) is 0 Å². The summed E-state index contributed by atoms with van der Waals surface area (Å²) < 4.78 is 28.7. The van der Waals surface area contributed by atoms with Crippen molar-refractivity contribution in [1.82, 2.24) is 9.97 Å². The number of hydrogen-bond acceptors (Lipinski definition) is 4. The molecule has 1 rings (SSSR count). The Hall–Kier alpha value is -0.171. The van der Waals surface area contributed by atoms with Crippen LogP contribution in [-0.4, -0.2) is 43.0 Å². The van der Waals surface area contributed by atoms with E-state index in [1.807, 2.05) is 6.07 Å². The van der Waals surface area contributed by atoms with Crippen molar-refractivity contribution in [1.29, 1.82) is 0 Å². The second kappa shape index (κ2) is 9.96. The molecule has 23 heavy (non-hydrogen) atoms. The molecule has 0 saturated heterocycles. The molecule has 0 saturated carbocycles. The van der Waals surface area contributed by atoms with E-state index in [-0.39, 0.29) is 5.16 Å². The number of nitrogens with zero attached hydrogens (tertiary/aromatic N) is 2. The van der Waals surface area contributed by atoms with Crippen LogP contribution in [0.3, 0.4) is 0 Å². The maximum absolute atomic E-state index is 11.9. The molecule has 0 aliphatic carbocycles. The van der Waals surface area contributed by atoms with Crippen LogP contribution in [0.15, 0.2) is 17.4 Å². The van der Waals surface area contributed by atoms with Crippen molar-refractivity contribution in [2.45, 2.75) is 77.8 Å². The molecule has 132 valence electrons. The van der Waals surface area contributed by atoms with Crippen LogP contribution in [0.2, 0.25) is 13.3 Å². The Balaban J connectivity index is 3.28. The number of hydrogen-bond donors (Lipinski definition) is 0. The van der Waals surface area contributed by atoms with Gasteiger partial charge in [-0.25, -0.2) is 0 Å². The SMILES string of the molecule is CCC[CH2][Sn]([CH2]CCC)([CH2]CCC)[c]1ccnc(S(C)(=O)=O)n1. The quantitative estimate of drug-likeness (QED) is 0.381. The predicted octanol–water partition coefficient (Wildman–Crippen LogP) is 3.94. The summed E-state index contributed by atoms with van der Waals surface area (Å²) in [7, 11) is -3.34. The van der Waals surface area contributed by atoms with Crippen LogP contribution in [-0.2, 0) is 9.84 Å². The van der Waals surface area contributed by atoms with Gasteiger partial charge < -0.3 is 0 Å². The number of sulfone groups is 1. The molecule has 4 nitrogen and oxygen atoms in total. The summed E-state index contributed by atoms with van der Waals surface area (Å²) in [5, 5.41) is 0.0144. The van der Waals surface area contributed by atoms with Crippen molar-refractivity contribution in [2.24, 2.45) is 0 Å². The molecular formula is C17H32N2O2SSn. The van der Waals surface area contributed by atoms with E-state index in [4.69, 9.17) is 0 Å². The van der Waals surface area contributed by atoms with Gasteiger partial charge in [-0.2, -0.15) is 0 Å². The molecule has 6 heteroatoms. The Bertz CT molecular complexity index is 554. The van der Waals surface area contributed by atoms with Crippen molar-refractivity contribution in [3.8, 4) is 0 Å². The van der Waals surface area contributed by atoms with Gasteiger partial charge in [0.05, 0.1) is 0 Å². The van der Waals surface area contributed by atoms with Gasteiger partial charge in [0.15, 0.2) is 0 Å². The summed E-state index contributed by atoms with van der Waals surface area (Å²) in [6.07, 6.45) is 10.2. The fourth-order valence-corrected chi connectivity index (χ4v) is 19.2. The second-order valence-corrected chi connectivity index (χ2v) is 21.5. The molecule has 0 radical (unpaired) electrons. The Labute approximate surface area is 146 Å². The first kappa shape index (κ1) is 20.9. The van der Waals surface area contributed by atoms with Crippen molar-refractivity contribution >= 4 is 31.9 Å². The van der Waals surface area contributed by atoms with Crippen molar-refractivity contribution in [3.05, 3.63) is 12.3 Å². The van der Waals surface area contributed by atoms with Gasteiger partial charge >= 0.3 is 147 Å². The third-order valence-corrected chi connectivity index (χ3v) is 20.5. The first-order chi connectivity index (χ1) is 10.9. The molecule has 0 fully saturated rings. The van der Waals surface area contributed by atoms with E-state index in [1.54, 1.807) is 6.20 Å². The summed E-state index contributed by atoms with van der Waals surface area (Å²) in [5.74, 6) is 0. The van der Waals surface area contributed by atoms with Crippen LogP contribution in [0.1, 0.15) is 59.3 Å². The Morgan fingerprint density at radius 2 is 1.43 bits per heavy atom. The number of unbranched alkanes of at least 4 members (excludes halogenated alkanes) is 3. The van der Waals surface area contributed by atoms with E-state index in [0.29, 0.717) is 0 Å². The third kappa shape index (κ3) is 6.33. The van der Waals surface area contributed by atoms with Crippen LogP contribution in [0.4, 0.5) is 0 Å². The minimum absolute atomic E-state index is 0.0144. The predicted molar refractivity (Wildman–Crippen MR) is 99.7 cm³/mol. The average Bonchev–Trinajstić information content (AvgIpc) is 2.54. The molecule has 1 aromatic heterocycles. The van der Waals surface area contributed by atoms with Crippen molar-refractivity contribution < 1.29 is 8.42 Å². The molecule has 0 aromatic carbocycles. The van der Waals surface area contributed by atoms with E-state index >= 15 is 0 Å². The molecule has 0 aliphatic heterocycles. The van der Waals surface area contributed by atoms with E-state index < -0.39 is 28.2 Å². The van der Waals surface area contributed by atoms with Crippen LogP contribution < -0.4 is 3.71 Å². The summed E-state index contributed by atoms with van der Waals surface area (Å²) >= 11 is -2.66. The average molecular weight is 447 g/mol. The van der Waals surface area contributed by atoms with Crippen molar-refractivity contribution in [3.63, 3.8) is 0 Å². The maximum atomic E-state index is 11.9. The van der Waals surface area contributed by atoms with Crippen LogP contribution in [0, 0.1) is 0 Å². The van der Waals surface area contributed by atoms with Gasteiger partial charge in [0, 0.05) is 0 Å². The van der Waals surface area contributed by atoms with Crippen molar-refractivity contribution in [2.75, 3.05) is 6.26 Å². The molecule has 0 spiro atoms. The summed E-state index contributed by atoms with van der Waals surface area (Å²) in [6, 6.07) is 2.02. The third-order valence-electron chi connectivity index (χ3n) is 4.54. The number of rotatable bonds is 11. The number of aromatic nitrogens is 2. The first-order valence-corrected chi connectivity index (χ1v) is 18.3. The monoisotopic (exact) mass is 448 g/mol. The van der Waals surface area contributed by atoms with Gasteiger partial charge in [-0.15, -0.1) is 0 Å². The topological polar surface area (TPSA) is 59.9 Å². The molecule has 0 atom stereocenters. The van der Waals surface area contributed by atoms with Gasteiger partial charge in [0.25, 0.3) is 0 Å². The van der Waals surface area contributed by atoms with Crippen LogP contribution >= 0.6 is 0 Å². The normalized spacial score (nSPS) is 12.5. The summed E-state index contributed by atoms with van der Waals surface area (Å²) in [6.45, 7) is 6.70. The zero-order chi connectivity index (χ0) is 17.3. The Morgan fingerprint density at radius 1 is 0.957 bits per heavy atom. The van der Waals surface area contributed by atoms with Gasteiger partial charge in [-0.05, 0) is 0 Å². The molecule has 0 N–H and O–H groups in total. The molecule has 0 bridgehead atoms. The van der Waals surface area contributed by atoms with Crippen LogP contribution in [0.25, 0.3) is 0 Å². The van der Waals surface area contributed by atoms with Gasteiger partial charge in [-0.1, -0.05) is 0 Å². The first-order valence-electron chi connectivity index (χ1n) is 8.93. The second-order valence-electron chi connectivity index (χ2n) is 6.59. The molecule has 0 unspecified atom stereocenters. The Kier molecular flexibility index (Phi) is 9.04. The van der Waals surface area contributed by atoms with Gasteiger partial charge in [0.2, 0.25) is 0 Å².